The van der Waals surface area contributed by atoms with Crippen molar-refractivity contribution in [2.75, 3.05) is 6.61 Å². The monoisotopic (exact) mass is 430 g/mol. The van der Waals surface area contributed by atoms with Crippen LogP contribution in [0.2, 0.25) is 5.02 Å². The molecule has 1 amide bonds. The van der Waals surface area contributed by atoms with Crippen LogP contribution >= 0.6 is 11.6 Å². The Labute approximate surface area is 184 Å². The smallest absolute Gasteiger partial charge is 0.339 e. The van der Waals surface area contributed by atoms with Crippen molar-refractivity contribution in [2.24, 2.45) is 0 Å². The van der Waals surface area contributed by atoms with Gasteiger partial charge in [0, 0.05) is 22.5 Å². The molecule has 0 aliphatic heterocycles. The van der Waals surface area contributed by atoms with Gasteiger partial charge < -0.3 is 10.1 Å². The summed E-state index contributed by atoms with van der Waals surface area (Å²) in [6.07, 6.45) is 0. The van der Waals surface area contributed by atoms with Gasteiger partial charge in [0.05, 0.1) is 16.8 Å². The number of esters is 1. The molecule has 0 fully saturated rings. The van der Waals surface area contributed by atoms with Gasteiger partial charge >= 0.3 is 5.97 Å². The maximum absolute atomic E-state index is 12.8. The van der Waals surface area contributed by atoms with Crippen LogP contribution in [0.3, 0.4) is 0 Å². The lowest BCUT2D eigenvalue weighted by Crippen LogP contribution is -2.28. The van der Waals surface area contributed by atoms with E-state index in [4.69, 9.17) is 16.3 Å². The van der Waals surface area contributed by atoms with Crippen LogP contribution in [0, 0.1) is 0 Å². The molecule has 31 heavy (non-hydrogen) atoms. The van der Waals surface area contributed by atoms with Crippen molar-refractivity contribution in [2.45, 2.75) is 6.54 Å². The molecule has 0 saturated heterocycles. The summed E-state index contributed by atoms with van der Waals surface area (Å²) in [5.41, 5.74) is 3.43. The third-order valence-corrected chi connectivity index (χ3v) is 4.99. The van der Waals surface area contributed by atoms with Crippen LogP contribution < -0.4 is 5.32 Å². The number of nitrogens with zero attached hydrogens (tertiary/aromatic N) is 1. The highest BCUT2D eigenvalue weighted by Gasteiger charge is 2.16. The first-order valence-corrected chi connectivity index (χ1v) is 10.1. The molecule has 0 saturated carbocycles. The number of pyridine rings is 1. The molecule has 0 unspecified atom stereocenters. The molecule has 1 N–H and O–H groups in total. The van der Waals surface area contributed by atoms with Crippen molar-refractivity contribution in [3.63, 3.8) is 0 Å². The average molecular weight is 431 g/mol. The molecule has 0 atom stereocenters. The number of carbonyl (C=O) groups is 2. The van der Waals surface area contributed by atoms with E-state index in [1.54, 1.807) is 24.3 Å². The maximum Gasteiger partial charge on any atom is 0.339 e. The molecule has 0 spiro atoms. The Hall–Kier alpha value is -3.70. The molecule has 4 aromatic rings. The van der Waals surface area contributed by atoms with Crippen molar-refractivity contribution < 1.29 is 14.3 Å². The lowest BCUT2D eigenvalue weighted by molar-refractivity contribution is -0.124. The average Bonchev–Trinajstić information content (AvgIpc) is 2.81. The van der Waals surface area contributed by atoms with Crippen LogP contribution in [0.4, 0.5) is 0 Å². The Morgan fingerprint density at radius 2 is 1.61 bits per heavy atom. The molecular weight excluding hydrogens is 412 g/mol. The van der Waals surface area contributed by atoms with Gasteiger partial charge in [-0.3, -0.25) is 4.79 Å². The zero-order valence-corrected chi connectivity index (χ0v) is 17.3. The first-order valence-electron chi connectivity index (χ1n) is 9.73. The highest BCUT2D eigenvalue weighted by Crippen LogP contribution is 2.26. The number of aromatic nitrogens is 1. The van der Waals surface area contributed by atoms with Gasteiger partial charge in [-0.05, 0) is 29.8 Å². The second-order valence-electron chi connectivity index (χ2n) is 6.92. The van der Waals surface area contributed by atoms with Crippen LogP contribution in [-0.2, 0) is 16.1 Å². The van der Waals surface area contributed by atoms with Gasteiger partial charge in [-0.15, -0.1) is 0 Å². The normalized spacial score (nSPS) is 10.6. The first-order chi connectivity index (χ1) is 15.1. The number of rotatable bonds is 6. The second-order valence-corrected chi connectivity index (χ2v) is 7.35. The summed E-state index contributed by atoms with van der Waals surface area (Å²) in [5, 5.41) is 4.02. The Balaban J connectivity index is 1.51. The van der Waals surface area contributed by atoms with Crippen molar-refractivity contribution in [1.29, 1.82) is 0 Å². The van der Waals surface area contributed by atoms with E-state index in [0.717, 1.165) is 11.1 Å². The van der Waals surface area contributed by atoms with Gasteiger partial charge in [-0.1, -0.05) is 72.3 Å². The number of nitrogens with one attached hydrogen (secondary N) is 1. The SMILES string of the molecule is O=C(COC(=O)c1cc(-c2ccc(Cl)cc2)nc2ccccc12)NCc1ccccc1. The molecule has 0 aliphatic carbocycles. The van der Waals surface area contributed by atoms with Crippen molar-refractivity contribution in [3.8, 4) is 11.3 Å². The predicted molar refractivity (Wildman–Crippen MR) is 121 cm³/mol. The quantitative estimate of drug-likeness (QED) is 0.436. The van der Waals surface area contributed by atoms with Gasteiger partial charge in [0.1, 0.15) is 0 Å². The van der Waals surface area contributed by atoms with Crippen LogP contribution in [0.15, 0.2) is 84.9 Å². The number of hydrogen-bond donors (Lipinski definition) is 1. The number of carbonyl (C=O) groups excluding carboxylic acids is 2. The predicted octanol–water partition coefficient (Wildman–Crippen LogP) is 5.03. The van der Waals surface area contributed by atoms with E-state index in [-0.39, 0.29) is 12.5 Å². The fourth-order valence-corrected chi connectivity index (χ4v) is 3.30. The van der Waals surface area contributed by atoms with E-state index in [2.05, 4.69) is 10.3 Å². The van der Waals surface area contributed by atoms with Crippen molar-refractivity contribution in [1.82, 2.24) is 10.3 Å². The highest BCUT2D eigenvalue weighted by atomic mass is 35.5. The summed E-state index contributed by atoms with van der Waals surface area (Å²) in [6.45, 7) is 0.00865. The second kappa shape index (κ2) is 9.41. The minimum absolute atomic E-state index is 0.353. The van der Waals surface area contributed by atoms with E-state index in [1.807, 2.05) is 60.7 Å². The standard InChI is InChI=1S/C25H19ClN2O3/c26-19-12-10-18(11-13-19)23-14-21(20-8-4-5-9-22(20)28-23)25(30)31-16-24(29)27-15-17-6-2-1-3-7-17/h1-14H,15-16H2,(H,27,29). The highest BCUT2D eigenvalue weighted by molar-refractivity contribution is 6.30. The van der Waals surface area contributed by atoms with Gasteiger partial charge in [0.25, 0.3) is 5.91 Å². The molecule has 0 bridgehead atoms. The third-order valence-electron chi connectivity index (χ3n) is 4.74. The van der Waals surface area contributed by atoms with Crippen LogP contribution in [-0.4, -0.2) is 23.5 Å². The fraction of sp³-hybridized carbons (Fsp3) is 0.0800. The molecule has 1 aromatic heterocycles. The van der Waals surface area contributed by atoms with Gasteiger partial charge in [0.15, 0.2) is 6.61 Å². The lowest BCUT2D eigenvalue weighted by atomic mass is 10.0. The summed E-state index contributed by atoms with van der Waals surface area (Å²) in [4.78, 5) is 29.6. The van der Waals surface area contributed by atoms with Crippen molar-refractivity contribution in [3.05, 3.63) is 101 Å². The van der Waals surface area contributed by atoms with Gasteiger partial charge in [-0.2, -0.15) is 0 Å². The summed E-state index contributed by atoms with van der Waals surface area (Å²) in [5.74, 6) is -0.947. The molecule has 1 heterocycles. The molecule has 154 valence electrons. The molecule has 3 aromatic carbocycles. The minimum Gasteiger partial charge on any atom is -0.452 e. The number of fused-ring (bicyclic) bond motifs is 1. The number of amides is 1. The zero-order valence-electron chi connectivity index (χ0n) is 16.5. The Morgan fingerprint density at radius 3 is 2.39 bits per heavy atom. The third kappa shape index (κ3) is 5.08. The summed E-state index contributed by atoms with van der Waals surface area (Å²) in [6, 6.07) is 25.7. The number of para-hydroxylation sites is 1. The Bertz CT molecular complexity index is 1220. The molecule has 6 heteroatoms. The fourth-order valence-electron chi connectivity index (χ4n) is 3.17. The summed E-state index contributed by atoms with van der Waals surface area (Å²) < 4.78 is 5.30. The molecule has 4 rings (SSSR count). The first kappa shape index (κ1) is 20.6. The zero-order chi connectivity index (χ0) is 21.6. The molecule has 5 nitrogen and oxygen atoms in total. The lowest BCUT2D eigenvalue weighted by Gasteiger charge is -2.10. The van der Waals surface area contributed by atoms with E-state index in [9.17, 15) is 9.59 Å². The number of hydrogen-bond acceptors (Lipinski definition) is 4. The summed E-state index contributed by atoms with van der Waals surface area (Å²) >= 11 is 5.98. The van der Waals surface area contributed by atoms with Crippen molar-refractivity contribution >= 4 is 34.4 Å². The van der Waals surface area contributed by atoms with E-state index in [1.165, 1.54) is 0 Å². The molecular formula is C25H19ClN2O3. The number of benzene rings is 3. The van der Waals surface area contributed by atoms with E-state index in [0.29, 0.717) is 33.7 Å². The number of halogens is 1. The summed E-state index contributed by atoms with van der Waals surface area (Å²) in [7, 11) is 0. The molecule has 0 aliphatic rings. The van der Waals surface area contributed by atoms with E-state index < -0.39 is 5.97 Å². The largest absolute Gasteiger partial charge is 0.452 e. The van der Waals surface area contributed by atoms with Gasteiger partial charge in [-0.25, -0.2) is 9.78 Å². The maximum atomic E-state index is 12.8. The van der Waals surface area contributed by atoms with Gasteiger partial charge in [0.2, 0.25) is 0 Å². The number of ether oxygens (including phenoxy) is 1. The minimum atomic E-state index is -0.580. The van der Waals surface area contributed by atoms with Crippen LogP contribution in [0.1, 0.15) is 15.9 Å². The topological polar surface area (TPSA) is 68.3 Å². The van der Waals surface area contributed by atoms with Crippen LogP contribution in [0.25, 0.3) is 22.2 Å². The molecule has 0 radical (unpaired) electrons. The van der Waals surface area contributed by atoms with Crippen LogP contribution in [0.5, 0.6) is 0 Å². The Morgan fingerprint density at radius 1 is 0.903 bits per heavy atom. The Kier molecular flexibility index (Phi) is 6.24. The van der Waals surface area contributed by atoms with E-state index >= 15 is 0 Å².